The molecular formula is C27H26F2N4O3S. The maximum atomic E-state index is 14.1. The highest BCUT2D eigenvalue weighted by Gasteiger charge is 2.30. The number of fused-ring (bicyclic) bond motifs is 1. The summed E-state index contributed by atoms with van der Waals surface area (Å²) in [7, 11) is -1.75. The number of amides is 2. The molecule has 2 amide bonds. The van der Waals surface area contributed by atoms with E-state index < -0.39 is 22.4 Å². The van der Waals surface area contributed by atoms with Gasteiger partial charge in [-0.25, -0.2) is 8.78 Å². The molecule has 192 valence electrons. The average molecular weight is 525 g/mol. The molecule has 3 heterocycles. The van der Waals surface area contributed by atoms with E-state index in [9.17, 15) is 22.6 Å². The molecular weight excluding hydrogens is 498 g/mol. The Morgan fingerprint density at radius 1 is 1.22 bits per heavy atom. The van der Waals surface area contributed by atoms with Crippen LogP contribution < -0.4 is 11.1 Å². The average Bonchev–Trinajstić information content (AvgIpc) is 3.51. The van der Waals surface area contributed by atoms with Crippen molar-refractivity contribution in [1.82, 2.24) is 9.88 Å². The monoisotopic (exact) mass is 524 g/mol. The number of rotatable bonds is 5. The maximum absolute atomic E-state index is 14.1. The van der Waals surface area contributed by atoms with E-state index in [2.05, 4.69) is 10.3 Å². The van der Waals surface area contributed by atoms with Crippen LogP contribution in [-0.4, -0.2) is 45.0 Å². The first-order chi connectivity index (χ1) is 17.6. The second kappa shape index (κ2) is 9.68. The molecule has 2 aliphatic heterocycles. The van der Waals surface area contributed by atoms with Gasteiger partial charge in [0.05, 0.1) is 27.7 Å². The minimum atomic E-state index is -1.75. The minimum Gasteiger partial charge on any atom is -0.358 e. The van der Waals surface area contributed by atoms with Gasteiger partial charge in [-0.2, -0.15) is 0 Å². The fourth-order valence-corrected chi connectivity index (χ4v) is 6.02. The Kier molecular flexibility index (Phi) is 6.55. The van der Waals surface area contributed by atoms with E-state index in [-0.39, 0.29) is 29.2 Å². The van der Waals surface area contributed by atoms with Gasteiger partial charge in [0.25, 0.3) is 11.8 Å². The molecule has 4 N–H and O–H groups in total. The number of hydrogen-bond donors (Lipinski definition) is 3. The molecule has 2 aliphatic rings. The fourth-order valence-electron chi connectivity index (χ4n) is 4.85. The molecule has 0 spiro atoms. The molecule has 1 aromatic heterocycles. The zero-order chi connectivity index (χ0) is 26.4. The molecule has 1 unspecified atom stereocenters. The zero-order valence-electron chi connectivity index (χ0n) is 20.4. The summed E-state index contributed by atoms with van der Waals surface area (Å²) in [6.45, 7) is 4.74. The van der Waals surface area contributed by atoms with Crippen LogP contribution in [0.25, 0.3) is 11.6 Å². The van der Waals surface area contributed by atoms with E-state index in [1.165, 1.54) is 6.07 Å². The van der Waals surface area contributed by atoms with Gasteiger partial charge in [0.1, 0.15) is 11.6 Å². The Morgan fingerprint density at radius 2 is 1.95 bits per heavy atom. The van der Waals surface area contributed by atoms with Gasteiger partial charge >= 0.3 is 0 Å². The lowest BCUT2D eigenvalue weighted by Crippen LogP contribution is -2.32. The quantitative estimate of drug-likeness (QED) is 0.440. The van der Waals surface area contributed by atoms with Crippen LogP contribution in [0.4, 0.5) is 14.5 Å². The van der Waals surface area contributed by atoms with E-state index in [4.69, 9.17) is 5.73 Å². The van der Waals surface area contributed by atoms with Gasteiger partial charge in [0.15, 0.2) is 0 Å². The van der Waals surface area contributed by atoms with Gasteiger partial charge in [-0.15, -0.1) is 0 Å². The van der Waals surface area contributed by atoms with Gasteiger partial charge in [-0.3, -0.25) is 13.8 Å². The lowest BCUT2D eigenvalue weighted by atomic mass is 10.0. The fraction of sp³-hybridized carbons (Fsp3) is 0.259. The van der Waals surface area contributed by atoms with Crippen molar-refractivity contribution in [1.29, 1.82) is 0 Å². The van der Waals surface area contributed by atoms with Crippen LogP contribution in [0.3, 0.4) is 0 Å². The smallest absolute Gasteiger partial charge is 0.256 e. The second-order valence-electron chi connectivity index (χ2n) is 9.37. The summed E-state index contributed by atoms with van der Waals surface area (Å²) in [4.78, 5) is 31.2. The summed E-state index contributed by atoms with van der Waals surface area (Å²) in [6, 6.07) is 8.26. The minimum absolute atomic E-state index is 0.0293. The molecule has 37 heavy (non-hydrogen) atoms. The Morgan fingerprint density at radius 3 is 2.62 bits per heavy atom. The third-order valence-corrected chi connectivity index (χ3v) is 8.20. The van der Waals surface area contributed by atoms with Crippen molar-refractivity contribution >= 4 is 40.0 Å². The molecule has 2 atom stereocenters. The van der Waals surface area contributed by atoms with Crippen molar-refractivity contribution in [2.45, 2.75) is 37.0 Å². The number of benzene rings is 2. The first-order valence-corrected chi connectivity index (χ1v) is 13.2. The number of carbonyl (C=O) groups excluding carboxylic acids is 2. The van der Waals surface area contributed by atoms with E-state index >= 15 is 0 Å². The molecule has 7 nitrogen and oxygen atoms in total. The summed E-state index contributed by atoms with van der Waals surface area (Å²) in [5, 5.41) is 2.79. The third kappa shape index (κ3) is 4.62. The van der Waals surface area contributed by atoms with Crippen molar-refractivity contribution in [2.24, 2.45) is 5.73 Å². The highest BCUT2D eigenvalue weighted by Crippen LogP contribution is 2.36. The van der Waals surface area contributed by atoms with Gasteiger partial charge in [-0.05, 0) is 62.2 Å². The molecule has 1 saturated heterocycles. The summed E-state index contributed by atoms with van der Waals surface area (Å²) in [5.74, 6) is -2.30. The van der Waals surface area contributed by atoms with Crippen LogP contribution >= 0.6 is 0 Å². The van der Waals surface area contributed by atoms with Crippen molar-refractivity contribution in [3.63, 3.8) is 0 Å². The summed E-state index contributed by atoms with van der Waals surface area (Å²) < 4.78 is 41.1. The molecule has 10 heteroatoms. The van der Waals surface area contributed by atoms with Crippen LogP contribution in [0, 0.1) is 25.5 Å². The standard InChI is InChI=1S/C27H26F2N4O3S/c1-14-24(31-15(2)25(14)27(35)33-9-8-16(30)12-33)11-19-18-10-17(6-7-23(18)32-26(19)34)37(36)13-20-21(28)4-3-5-22(20)29/h3-7,10-11,16,31H,8-9,12-13,30H2,1-2H3,(H,32,34)/t16-,37?/m0/s1. The van der Waals surface area contributed by atoms with Crippen molar-refractivity contribution in [3.05, 3.63) is 81.7 Å². The number of halogens is 2. The third-order valence-electron chi connectivity index (χ3n) is 6.86. The summed E-state index contributed by atoms with van der Waals surface area (Å²) in [6.07, 6.45) is 2.43. The molecule has 2 aromatic carbocycles. The largest absolute Gasteiger partial charge is 0.358 e. The molecule has 0 aliphatic carbocycles. The predicted molar refractivity (Wildman–Crippen MR) is 138 cm³/mol. The number of aromatic nitrogens is 1. The molecule has 0 bridgehead atoms. The number of aryl methyl sites for hydroxylation is 1. The topological polar surface area (TPSA) is 108 Å². The van der Waals surface area contributed by atoms with E-state index in [0.717, 1.165) is 18.6 Å². The van der Waals surface area contributed by atoms with Crippen LogP contribution in [-0.2, 0) is 21.3 Å². The number of anilines is 1. The number of carbonyl (C=O) groups is 2. The molecule has 3 aromatic rings. The van der Waals surface area contributed by atoms with Crippen molar-refractivity contribution in [3.8, 4) is 0 Å². The highest BCUT2D eigenvalue weighted by molar-refractivity contribution is 7.84. The maximum Gasteiger partial charge on any atom is 0.256 e. The Labute approximate surface area is 215 Å². The van der Waals surface area contributed by atoms with Gasteiger partial charge in [0, 0.05) is 52.2 Å². The second-order valence-corrected chi connectivity index (χ2v) is 10.8. The van der Waals surface area contributed by atoms with Crippen LogP contribution in [0.15, 0.2) is 41.3 Å². The number of likely N-dealkylation sites (tertiary alicyclic amines) is 1. The Bertz CT molecular complexity index is 1480. The van der Waals surface area contributed by atoms with Crippen molar-refractivity contribution < 1.29 is 22.6 Å². The van der Waals surface area contributed by atoms with E-state index in [1.54, 1.807) is 29.2 Å². The first kappa shape index (κ1) is 25.0. The molecule has 1 fully saturated rings. The number of hydrogen-bond acceptors (Lipinski definition) is 4. The van der Waals surface area contributed by atoms with Crippen LogP contribution in [0.5, 0.6) is 0 Å². The Hall–Kier alpha value is -3.63. The lowest BCUT2D eigenvalue weighted by molar-refractivity contribution is -0.110. The number of aromatic amines is 1. The number of nitrogens with one attached hydrogen (secondary N) is 2. The summed E-state index contributed by atoms with van der Waals surface area (Å²) in [5.41, 5.74) is 9.69. The molecule has 0 radical (unpaired) electrons. The van der Waals surface area contributed by atoms with Gasteiger partial charge in [-0.1, -0.05) is 6.07 Å². The normalized spacial score (nSPS) is 18.8. The predicted octanol–water partition coefficient (Wildman–Crippen LogP) is 3.88. The number of nitrogens with two attached hydrogens (primary N) is 1. The van der Waals surface area contributed by atoms with E-state index in [0.29, 0.717) is 57.3 Å². The first-order valence-electron chi connectivity index (χ1n) is 11.9. The number of nitrogens with zero attached hydrogens (tertiary/aromatic N) is 1. The summed E-state index contributed by atoms with van der Waals surface area (Å²) >= 11 is 0. The Balaban J connectivity index is 1.46. The van der Waals surface area contributed by atoms with E-state index in [1.807, 2.05) is 13.8 Å². The zero-order valence-corrected chi connectivity index (χ0v) is 21.2. The molecule has 5 rings (SSSR count). The van der Waals surface area contributed by atoms with Crippen LogP contribution in [0.1, 0.15) is 44.9 Å². The van der Waals surface area contributed by atoms with Gasteiger partial charge < -0.3 is 20.9 Å². The molecule has 0 saturated carbocycles. The van der Waals surface area contributed by atoms with Crippen molar-refractivity contribution in [2.75, 3.05) is 18.4 Å². The highest BCUT2D eigenvalue weighted by atomic mass is 32.2. The SMILES string of the molecule is Cc1[nH]c(C=C2C(=O)Nc3ccc(S(=O)Cc4c(F)cccc4F)cc32)c(C)c1C(=O)N1CC[C@H](N)C1. The number of H-pyrrole nitrogens is 1. The van der Waals surface area contributed by atoms with Crippen LogP contribution in [0.2, 0.25) is 0 Å². The van der Waals surface area contributed by atoms with Gasteiger partial charge in [0.2, 0.25) is 0 Å². The lowest BCUT2D eigenvalue weighted by Gasteiger charge is -2.16.